The summed E-state index contributed by atoms with van der Waals surface area (Å²) in [5.41, 5.74) is 1.64. The standard InChI is InChI=1S/C18H27N5O2/c1-5-23-8-6-7-14(17(23)15-9-20-22(4)11-15)10-21(3)18(24)16-13(2)25-12-19-16/h9,11-12,14,17H,5-8,10H2,1-4H3/t14-,17+/m0/s1. The van der Waals surface area contributed by atoms with Crippen LogP contribution in [0.5, 0.6) is 0 Å². The molecule has 0 bridgehead atoms. The largest absolute Gasteiger partial charge is 0.448 e. The first kappa shape index (κ1) is 17.7. The van der Waals surface area contributed by atoms with Crippen LogP contribution in [0.1, 0.15) is 47.6 Å². The first-order valence-corrected chi connectivity index (χ1v) is 8.89. The average Bonchev–Trinajstić information content (AvgIpc) is 3.22. The third kappa shape index (κ3) is 3.61. The predicted molar refractivity (Wildman–Crippen MR) is 94.1 cm³/mol. The average molecular weight is 345 g/mol. The molecule has 0 radical (unpaired) electrons. The number of likely N-dealkylation sites (tertiary alicyclic amines) is 1. The molecule has 0 spiro atoms. The maximum absolute atomic E-state index is 12.7. The van der Waals surface area contributed by atoms with Gasteiger partial charge in [0.15, 0.2) is 12.1 Å². The summed E-state index contributed by atoms with van der Waals surface area (Å²) >= 11 is 0. The van der Waals surface area contributed by atoms with Gasteiger partial charge in [0.25, 0.3) is 5.91 Å². The number of hydrogen-bond acceptors (Lipinski definition) is 5. The van der Waals surface area contributed by atoms with Gasteiger partial charge in [-0.1, -0.05) is 6.92 Å². The summed E-state index contributed by atoms with van der Waals surface area (Å²) in [6, 6.07) is 0.293. The van der Waals surface area contributed by atoms with Crippen LogP contribution < -0.4 is 0 Å². The fourth-order valence-electron chi connectivity index (χ4n) is 3.90. The minimum atomic E-state index is -0.0789. The number of carbonyl (C=O) groups is 1. The summed E-state index contributed by atoms with van der Waals surface area (Å²) in [5.74, 6) is 0.864. The van der Waals surface area contributed by atoms with Crippen molar-refractivity contribution >= 4 is 5.91 Å². The van der Waals surface area contributed by atoms with Crippen LogP contribution in [-0.2, 0) is 7.05 Å². The van der Waals surface area contributed by atoms with Crippen LogP contribution in [0.2, 0.25) is 0 Å². The van der Waals surface area contributed by atoms with Crippen molar-refractivity contribution in [3.63, 3.8) is 0 Å². The Balaban J connectivity index is 1.78. The van der Waals surface area contributed by atoms with Gasteiger partial charge in [-0.3, -0.25) is 14.4 Å². The topological polar surface area (TPSA) is 67.4 Å². The second-order valence-electron chi connectivity index (χ2n) is 6.87. The lowest BCUT2D eigenvalue weighted by molar-refractivity contribution is 0.0584. The van der Waals surface area contributed by atoms with Crippen LogP contribution in [0.15, 0.2) is 23.2 Å². The molecule has 1 aliphatic rings. The molecule has 2 atom stereocenters. The van der Waals surface area contributed by atoms with E-state index >= 15 is 0 Å². The molecule has 7 nitrogen and oxygen atoms in total. The molecule has 3 rings (SSSR count). The van der Waals surface area contributed by atoms with Gasteiger partial charge in [-0.05, 0) is 38.8 Å². The molecule has 1 saturated heterocycles. The molecule has 0 aliphatic carbocycles. The number of nitrogens with zero attached hydrogens (tertiary/aromatic N) is 5. The number of rotatable bonds is 5. The van der Waals surface area contributed by atoms with Crippen LogP contribution in [-0.4, -0.2) is 57.2 Å². The molecule has 0 unspecified atom stereocenters. The monoisotopic (exact) mass is 345 g/mol. The van der Waals surface area contributed by atoms with E-state index in [0.29, 0.717) is 30.0 Å². The van der Waals surface area contributed by atoms with Gasteiger partial charge in [0, 0.05) is 38.4 Å². The summed E-state index contributed by atoms with van der Waals surface area (Å²) < 4.78 is 7.03. The fourth-order valence-corrected chi connectivity index (χ4v) is 3.90. The normalized spacial score (nSPS) is 21.4. The van der Waals surface area contributed by atoms with Crippen molar-refractivity contribution in [2.75, 3.05) is 26.7 Å². The predicted octanol–water partition coefficient (Wildman–Crippen LogP) is 2.26. The highest BCUT2D eigenvalue weighted by molar-refractivity contribution is 5.92. The molecule has 0 aromatic carbocycles. The van der Waals surface area contributed by atoms with Crippen LogP contribution in [0.3, 0.4) is 0 Å². The van der Waals surface area contributed by atoms with E-state index in [9.17, 15) is 4.79 Å². The van der Waals surface area contributed by atoms with E-state index in [4.69, 9.17) is 4.42 Å². The lowest BCUT2D eigenvalue weighted by Crippen LogP contribution is -2.44. The quantitative estimate of drug-likeness (QED) is 0.831. The van der Waals surface area contributed by atoms with Crippen LogP contribution >= 0.6 is 0 Å². The SMILES string of the molecule is CCN1CCC[C@@H](CN(C)C(=O)c2ncoc2C)[C@@H]1c1cnn(C)c1. The molecule has 25 heavy (non-hydrogen) atoms. The molecule has 0 saturated carbocycles. The molecule has 1 fully saturated rings. The molecular formula is C18H27N5O2. The smallest absolute Gasteiger partial charge is 0.275 e. The minimum Gasteiger partial charge on any atom is -0.448 e. The van der Waals surface area contributed by atoms with Crippen molar-refractivity contribution in [3.05, 3.63) is 35.8 Å². The van der Waals surface area contributed by atoms with Crippen molar-refractivity contribution in [1.29, 1.82) is 0 Å². The Hall–Kier alpha value is -2.15. The third-order valence-corrected chi connectivity index (χ3v) is 5.14. The number of oxazole rings is 1. The van der Waals surface area contributed by atoms with E-state index in [0.717, 1.165) is 25.9 Å². The van der Waals surface area contributed by atoms with Gasteiger partial charge in [0.05, 0.1) is 6.20 Å². The van der Waals surface area contributed by atoms with Crippen molar-refractivity contribution < 1.29 is 9.21 Å². The Morgan fingerprint density at radius 1 is 1.48 bits per heavy atom. The summed E-state index contributed by atoms with van der Waals surface area (Å²) in [6.07, 6.45) is 7.63. The van der Waals surface area contributed by atoms with E-state index in [-0.39, 0.29) is 5.91 Å². The Labute approximate surface area is 148 Å². The number of amides is 1. The Bertz CT molecular complexity index is 723. The minimum absolute atomic E-state index is 0.0789. The first-order valence-electron chi connectivity index (χ1n) is 8.89. The van der Waals surface area contributed by atoms with Crippen LogP contribution in [0, 0.1) is 12.8 Å². The molecular weight excluding hydrogens is 318 g/mol. The molecule has 3 heterocycles. The van der Waals surface area contributed by atoms with E-state index < -0.39 is 0 Å². The molecule has 2 aromatic heterocycles. The van der Waals surface area contributed by atoms with Crippen molar-refractivity contribution in [3.8, 4) is 0 Å². The highest BCUT2D eigenvalue weighted by Crippen LogP contribution is 2.36. The molecule has 1 aliphatic heterocycles. The summed E-state index contributed by atoms with van der Waals surface area (Å²) in [7, 11) is 3.79. The number of aromatic nitrogens is 3. The number of piperidine rings is 1. The first-order chi connectivity index (χ1) is 12.0. The number of carbonyl (C=O) groups excluding carboxylic acids is 1. The van der Waals surface area contributed by atoms with Crippen molar-refractivity contribution in [1.82, 2.24) is 24.6 Å². The van der Waals surface area contributed by atoms with Crippen LogP contribution in [0.25, 0.3) is 0 Å². The van der Waals surface area contributed by atoms with Gasteiger partial charge < -0.3 is 9.32 Å². The van der Waals surface area contributed by atoms with Gasteiger partial charge in [-0.15, -0.1) is 0 Å². The zero-order valence-electron chi connectivity index (χ0n) is 15.5. The molecule has 1 amide bonds. The Morgan fingerprint density at radius 2 is 2.28 bits per heavy atom. The van der Waals surface area contributed by atoms with Gasteiger partial charge in [0.1, 0.15) is 5.76 Å². The highest BCUT2D eigenvalue weighted by atomic mass is 16.3. The van der Waals surface area contributed by atoms with Crippen LogP contribution in [0.4, 0.5) is 0 Å². The van der Waals surface area contributed by atoms with Crippen molar-refractivity contribution in [2.45, 2.75) is 32.7 Å². The second-order valence-corrected chi connectivity index (χ2v) is 6.87. The lowest BCUT2D eigenvalue weighted by atomic mass is 9.85. The summed E-state index contributed by atoms with van der Waals surface area (Å²) in [5, 5.41) is 4.35. The van der Waals surface area contributed by atoms with E-state index in [1.165, 1.54) is 12.0 Å². The summed E-state index contributed by atoms with van der Waals surface area (Å²) in [4.78, 5) is 21.0. The van der Waals surface area contributed by atoms with Crippen molar-refractivity contribution in [2.24, 2.45) is 13.0 Å². The van der Waals surface area contributed by atoms with E-state index in [2.05, 4.69) is 28.1 Å². The Kier molecular flexibility index (Phi) is 5.22. The number of aryl methyl sites for hydroxylation is 2. The molecule has 136 valence electrons. The van der Waals surface area contributed by atoms with Gasteiger partial charge in [0.2, 0.25) is 0 Å². The zero-order chi connectivity index (χ0) is 18.0. The zero-order valence-corrected chi connectivity index (χ0v) is 15.5. The maximum atomic E-state index is 12.7. The third-order valence-electron chi connectivity index (χ3n) is 5.14. The van der Waals surface area contributed by atoms with E-state index in [1.807, 2.05) is 25.0 Å². The number of hydrogen-bond donors (Lipinski definition) is 0. The maximum Gasteiger partial charge on any atom is 0.275 e. The van der Waals surface area contributed by atoms with E-state index in [1.54, 1.807) is 11.8 Å². The van der Waals surface area contributed by atoms with Gasteiger partial charge in [-0.2, -0.15) is 5.10 Å². The van der Waals surface area contributed by atoms with Gasteiger partial charge in [-0.25, -0.2) is 4.98 Å². The van der Waals surface area contributed by atoms with Gasteiger partial charge >= 0.3 is 0 Å². The second kappa shape index (κ2) is 7.39. The lowest BCUT2D eigenvalue weighted by Gasteiger charge is -2.41. The molecule has 0 N–H and O–H groups in total. The highest BCUT2D eigenvalue weighted by Gasteiger charge is 2.34. The Morgan fingerprint density at radius 3 is 2.88 bits per heavy atom. The summed E-state index contributed by atoms with van der Waals surface area (Å²) in [6.45, 7) is 6.75. The fraction of sp³-hybridized carbons (Fsp3) is 0.611. The molecule has 7 heteroatoms. The molecule has 2 aromatic rings.